The quantitative estimate of drug-likeness (QED) is 0.850. The Hall–Kier alpha value is -1.95. The van der Waals surface area contributed by atoms with Crippen molar-refractivity contribution in [1.82, 2.24) is 0 Å². The summed E-state index contributed by atoms with van der Waals surface area (Å²) in [5.41, 5.74) is 0.441. The number of carbonyl (C=O) groups is 2. The minimum atomic E-state index is -1.00. The molecule has 0 saturated heterocycles. The Labute approximate surface area is 110 Å². The number of benzene rings is 1. The summed E-state index contributed by atoms with van der Waals surface area (Å²) in [4.78, 5) is 24.1. The van der Waals surface area contributed by atoms with Gasteiger partial charge in [0.25, 0.3) is 5.91 Å². The molecule has 0 aliphatic rings. The molecule has 1 atom stereocenters. The van der Waals surface area contributed by atoms with Gasteiger partial charge in [-0.05, 0) is 24.3 Å². The predicted molar refractivity (Wildman–Crippen MR) is 67.4 cm³/mol. The van der Waals surface area contributed by atoms with Crippen LogP contribution in [-0.4, -0.2) is 37.2 Å². The van der Waals surface area contributed by atoms with Crippen LogP contribution >= 0.6 is 0 Å². The first kappa shape index (κ1) is 15.1. The number of carboxylic acid groups (broad SMARTS) is 1. The summed E-state index contributed by atoms with van der Waals surface area (Å²) < 4.78 is 17.6. The van der Waals surface area contributed by atoms with Crippen LogP contribution in [0.5, 0.6) is 0 Å². The van der Waals surface area contributed by atoms with Crippen molar-refractivity contribution >= 4 is 17.6 Å². The molecule has 104 valence electrons. The summed E-state index contributed by atoms with van der Waals surface area (Å²) in [6, 6.07) is 5.29. The summed E-state index contributed by atoms with van der Waals surface area (Å²) in [6.45, 7) is 1.34. The number of hydrogen-bond acceptors (Lipinski definition) is 3. The molecule has 0 saturated carbocycles. The second-order valence-corrected chi connectivity index (χ2v) is 4.15. The smallest absolute Gasteiger partial charge is 0.308 e. The maximum absolute atomic E-state index is 12.9. The number of amides is 1. The standard InChI is InChI=1S/C13H16FNO4/c1-9(13(17)18)7-15(12(16)8-19-2)11-5-3-10(14)4-6-11/h3-6,9H,7-8H2,1-2H3,(H,17,18). The van der Waals surface area contributed by atoms with Crippen molar-refractivity contribution in [3.05, 3.63) is 30.1 Å². The van der Waals surface area contributed by atoms with Crippen molar-refractivity contribution in [2.75, 3.05) is 25.2 Å². The van der Waals surface area contributed by atoms with Crippen molar-refractivity contribution < 1.29 is 23.8 Å². The minimum Gasteiger partial charge on any atom is -0.481 e. The molecule has 0 aromatic heterocycles. The van der Waals surface area contributed by atoms with Gasteiger partial charge in [0.1, 0.15) is 12.4 Å². The topological polar surface area (TPSA) is 66.8 Å². The first-order chi connectivity index (χ1) is 8.95. The van der Waals surface area contributed by atoms with E-state index in [0.717, 1.165) is 0 Å². The molecule has 1 rings (SSSR count). The molecule has 6 heteroatoms. The Balaban J connectivity index is 2.94. The molecule has 1 aromatic rings. The number of halogens is 1. The first-order valence-corrected chi connectivity index (χ1v) is 5.73. The van der Waals surface area contributed by atoms with Crippen LogP contribution in [0, 0.1) is 11.7 Å². The van der Waals surface area contributed by atoms with Crippen LogP contribution in [0.2, 0.25) is 0 Å². The van der Waals surface area contributed by atoms with Crippen molar-refractivity contribution in [3.63, 3.8) is 0 Å². The highest BCUT2D eigenvalue weighted by Gasteiger charge is 2.21. The van der Waals surface area contributed by atoms with E-state index in [1.54, 1.807) is 0 Å². The molecular weight excluding hydrogens is 253 g/mol. The third-order valence-electron chi connectivity index (χ3n) is 2.59. The monoisotopic (exact) mass is 269 g/mol. The summed E-state index contributed by atoms with van der Waals surface area (Å²) >= 11 is 0. The third kappa shape index (κ3) is 4.33. The normalized spacial score (nSPS) is 11.9. The van der Waals surface area contributed by atoms with Crippen molar-refractivity contribution in [3.8, 4) is 0 Å². The van der Waals surface area contributed by atoms with Crippen LogP contribution in [0.25, 0.3) is 0 Å². The van der Waals surface area contributed by atoms with E-state index in [-0.39, 0.29) is 19.1 Å². The van der Waals surface area contributed by atoms with E-state index in [0.29, 0.717) is 5.69 Å². The second-order valence-electron chi connectivity index (χ2n) is 4.15. The van der Waals surface area contributed by atoms with E-state index in [1.165, 1.54) is 43.2 Å². The molecule has 0 aliphatic carbocycles. The van der Waals surface area contributed by atoms with Crippen LogP contribution < -0.4 is 4.90 Å². The van der Waals surface area contributed by atoms with Gasteiger partial charge < -0.3 is 14.7 Å². The van der Waals surface area contributed by atoms with E-state index < -0.39 is 17.7 Å². The molecule has 0 heterocycles. The summed E-state index contributed by atoms with van der Waals surface area (Å²) in [6.07, 6.45) is 0. The highest BCUT2D eigenvalue weighted by molar-refractivity contribution is 5.94. The van der Waals surface area contributed by atoms with Gasteiger partial charge in [-0.25, -0.2) is 4.39 Å². The second kappa shape index (κ2) is 6.84. The lowest BCUT2D eigenvalue weighted by atomic mass is 10.1. The lowest BCUT2D eigenvalue weighted by Crippen LogP contribution is -2.39. The van der Waals surface area contributed by atoms with E-state index in [2.05, 4.69) is 0 Å². The Kier molecular flexibility index (Phi) is 5.44. The van der Waals surface area contributed by atoms with E-state index >= 15 is 0 Å². The molecule has 19 heavy (non-hydrogen) atoms. The van der Waals surface area contributed by atoms with Gasteiger partial charge in [-0.1, -0.05) is 6.92 Å². The van der Waals surface area contributed by atoms with Crippen LogP contribution in [0.15, 0.2) is 24.3 Å². The third-order valence-corrected chi connectivity index (χ3v) is 2.59. The predicted octanol–water partition coefficient (Wildman–Crippen LogP) is 1.53. The molecule has 0 bridgehead atoms. The Bertz CT molecular complexity index is 446. The fraction of sp³-hybridized carbons (Fsp3) is 0.385. The summed E-state index contributed by atoms with van der Waals surface area (Å²) in [5, 5.41) is 8.90. The maximum atomic E-state index is 12.9. The van der Waals surface area contributed by atoms with Gasteiger partial charge in [0, 0.05) is 19.3 Å². The average molecular weight is 269 g/mol. The molecule has 0 spiro atoms. The number of carbonyl (C=O) groups excluding carboxylic acids is 1. The van der Waals surface area contributed by atoms with Gasteiger partial charge in [-0.3, -0.25) is 9.59 Å². The van der Waals surface area contributed by atoms with Crippen LogP contribution in [0.1, 0.15) is 6.92 Å². The average Bonchev–Trinajstić information content (AvgIpc) is 2.37. The van der Waals surface area contributed by atoms with Crippen LogP contribution in [0.3, 0.4) is 0 Å². The number of anilines is 1. The zero-order valence-electron chi connectivity index (χ0n) is 10.8. The fourth-order valence-corrected chi connectivity index (χ4v) is 1.53. The zero-order chi connectivity index (χ0) is 14.4. The SMILES string of the molecule is COCC(=O)N(CC(C)C(=O)O)c1ccc(F)cc1. The molecule has 0 radical (unpaired) electrons. The first-order valence-electron chi connectivity index (χ1n) is 5.73. The molecule has 1 amide bonds. The Morgan fingerprint density at radius 1 is 1.37 bits per heavy atom. The number of rotatable bonds is 6. The number of hydrogen-bond donors (Lipinski definition) is 1. The summed E-state index contributed by atoms with van der Waals surface area (Å²) in [7, 11) is 1.38. The molecule has 1 aromatic carbocycles. The van der Waals surface area contributed by atoms with Crippen molar-refractivity contribution in [2.24, 2.45) is 5.92 Å². The van der Waals surface area contributed by atoms with Crippen molar-refractivity contribution in [2.45, 2.75) is 6.92 Å². The van der Waals surface area contributed by atoms with E-state index in [4.69, 9.17) is 9.84 Å². The lowest BCUT2D eigenvalue weighted by Gasteiger charge is -2.24. The zero-order valence-corrected chi connectivity index (χ0v) is 10.8. The van der Waals surface area contributed by atoms with E-state index in [1.807, 2.05) is 0 Å². The molecule has 1 unspecified atom stereocenters. The number of methoxy groups -OCH3 is 1. The molecule has 1 N–H and O–H groups in total. The van der Waals surface area contributed by atoms with Gasteiger partial charge in [-0.2, -0.15) is 0 Å². The fourth-order valence-electron chi connectivity index (χ4n) is 1.53. The highest BCUT2D eigenvalue weighted by atomic mass is 19.1. The van der Waals surface area contributed by atoms with Gasteiger partial charge in [0.2, 0.25) is 0 Å². The van der Waals surface area contributed by atoms with Crippen LogP contribution in [0.4, 0.5) is 10.1 Å². The van der Waals surface area contributed by atoms with Crippen LogP contribution in [-0.2, 0) is 14.3 Å². The number of nitrogens with zero attached hydrogens (tertiary/aromatic N) is 1. The Morgan fingerprint density at radius 2 is 1.95 bits per heavy atom. The lowest BCUT2D eigenvalue weighted by molar-refractivity contribution is -0.140. The largest absolute Gasteiger partial charge is 0.481 e. The molecule has 5 nitrogen and oxygen atoms in total. The van der Waals surface area contributed by atoms with Gasteiger partial charge in [-0.15, -0.1) is 0 Å². The minimum absolute atomic E-state index is 0.00313. The molecule has 0 aliphatic heterocycles. The maximum Gasteiger partial charge on any atom is 0.308 e. The molecular formula is C13H16FNO4. The van der Waals surface area contributed by atoms with E-state index in [9.17, 15) is 14.0 Å². The highest BCUT2D eigenvalue weighted by Crippen LogP contribution is 2.17. The number of aliphatic carboxylic acids is 1. The van der Waals surface area contributed by atoms with Crippen molar-refractivity contribution in [1.29, 1.82) is 0 Å². The summed E-state index contributed by atoms with van der Waals surface area (Å²) in [5.74, 6) is -2.53. The molecule has 0 fully saturated rings. The van der Waals surface area contributed by atoms with Gasteiger partial charge in [0.05, 0.1) is 5.92 Å². The van der Waals surface area contributed by atoms with Gasteiger partial charge >= 0.3 is 5.97 Å². The number of carboxylic acids is 1. The number of ether oxygens (including phenoxy) is 1. The Morgan fingerprint density at radius 3 is 2.42 bits per heavy atom. The van der Waals surface area contributed by atoms with Gasteiger partial charge in [0.15, 0.2) is 0 Å².